The topological polar surface area (TPSA) is 63.2 Å². The van der Waals surface area contributed by atoms with Crippen LogP contribution in [0.4, 0.5) is 0 Å². The van der Waals surface area contributed by atoms with Gasteiger partial charge in [-0.3, -0.25) is 4.79 Å². The van der Waals surface area contributed by atoms with Crippen molar-refractivity contribution in [1.29, 1.82) is 0 Å². The van der Waals surface area contributed by atoms with Gasteiger partial charge in [-0.15, -0.1) is 0 Å². The summed E-state index contributed by atoms with van der Waals surface area (Å²) in [5.74, 6) is 0.964. The van der Waals surface area contributed by atoms with E-state index >= 15 is 0 Å². The summed E-state index contributed by atoms with van der Waals surface area (Å²) in [6, 6.07) is 3.50. The van der Waals surface area contributed by atoms with Gasteiger partial charge in [0.2, 0.25) is 14.1 Å². The molecule has 0 bridgehead atoms. The average molecular weight is 387 g/mol. The minimum Gasteiger partial charge on any atom is -0.518 e. The van der Waals surface area contributed by atoms with E-state index in [-0.39, 0.29) is 0 Å². The van der Waals surface area contributed by atoms with Crippen molar-refractivity contribution in [3.05, 3.63) is 17.7 Å². The second-order valence-corrected chi connectivity index (χ2v) is 16.5. The minimum absolute atomic E-state index is 0.396. The Morgan fingerprint density at radius 1 is 0.840 bits per heavy atom. The number of hydrogen-bond donors (Lipinski definition) is 0. The smallest absolute Gasteiger partial charge is 0.325 e. The fourth-order valence-electron chi connectivity index (χ4n) is 2.28. The van der Waals surface area contributed by atoms with Crippen molar-refractivity contribution in [2.45, 2.75) is 45.4 Å². The molecule has 1 aromatic carbocycles. The molecule has 1 atom stereocenters. The van der Waals surface area contributed by atoms with E-state index in [9.17, 15) is 4.79 Å². The quantitative estimate of drug-likeness (QED) is 0.630. The fourth-order valence-corrected chi connectivity index (χ4v) is 3.92. The van der Waals surface area contributed by atoms with Gasteiger partial charge in [-0.2, -0.15) is 0 Å². The van der Waals surface area contributed by atoms with Gasteiger partial charge in [0.1, 0.15) is 0 Å². The largest absolute Gasteiger partial charge is 0.518 e. The molecule has 142 valence electrons. The lowest BCUT2D eigenvalue weighted by Gasteiger charge is -2.29. The van der Waals surface area contributed by atoms with Crippen LogP contribution in [0.15, 0.2) is 12.1 Å². The molecular weight excluding hydrogens is 356 g/mol. The zero-order chi connectivity index (χ0) is 19.4. The number of ether oxygens (including phenoxy) is 3. The average Bonchev–Trinajstić information content (AvgIpc) is 2.48. The van der Waals surface area contributed by atoms with Crippen LogP contribution < -0.4 is 14.2 Å². The van der Waals surface area contributed by atoms with E-state index in [1.54, 1.807) is 19.2 Å². The van der Waals surface area contributed by atoms with E-state index in [1.807, 2.05) is 39.3 Å². The number of benzene rings is 1. The molecule has 0 radical (unpaired) electrons. The molecule has 1 rings (SSSR count). The number of carbonyl (C=O) groups excluding carboxylic acids is 1. The molecule has 0 saturated carbocycles. The van der Waals surface area contributed by atoms with Crippen molar-refractivity contribution >= 4 is 22.6 Å². The van der Waals surface area contributed by atoms with Gasteiger partial charge in [-0.05, 0) is 51.4 Å². The summed E-state index contributed by atoms with van der Waals surface area (Å²) in [6.45, 7) is 12.0. The third-order valence-electron chi connectivity index (χ3n) is 3.11. The zero-order valence-corrected chi connectivity index (χ0v) is 18.7. The summed E-state index contributed by atoms with van der Waals surface area (Å²) in [6.07, 6.45) is -0.867. The van der Waals surface area contributed by atoms with Crippen LogP contribution in [-0.2, 0) is 13.6 Å². The Morgan fingerprint density at radius 3 is 1.80 bits per heavy atom. The second-order valence-electron chi connectivity index (χ2n) is 7.57. The van der Waals surface area contributed by atoms with Crippen molar-refractivity contribution in [3.63, 3.8) is 0 Å². The molecule has 0 saturated heterocycles. The molecule has 0 aliphatic carbocycles. The molecule has 25 heavy (non-hydrogen) atoms. The predicted molar refractivity (Wildman–Crippen MR) is 103 cm³/mol. The third kappa shape index (κ3) is 6.05. The molecule has 0 aliphatic rings. The van der Waals surface area contributed by atoms with Crippen LogP contribution in [-0.4, -0.2) is 43.9 Å². The summed E-state index contributed by atoms with van der Waals surface area (Å²) in [7, 11) is 0.490. The van der Waals surface area contributed by atoms with Crippen molar-refractivity contribution < 1.29 is 27.9 Å². The molecule has 0 heterocycles. The van der Waals surface area contributed by atoms with Crippen LogP contribution in [0.2, 0.25) is 39.3 Å². The maximum Gasteiger partial charge on any atom is 0.325 e. The number of rotatable bonds is 8. The Bertz CT molecular complexity index is 604. The van der Waals surface area contributed by atoms with Crippen LogP contribution in [0.3, 0.4) is 0 Å². The van der Waals surface area contributed by atoms with Crippen LogP contribution in [0, 0.1) is 0 Å². The first-order valence-corrected chi connectivity index (χ1v) is 14.9. The van der Waals surface area contributed by atoms with Crippen LogP contribution in [0.5, 0.6) is 17.2 Å². The first kappa shape index (κ1) is 21.5. The lowest BCUT2D eigenvalue weighted by molar-refractivity contribution is -0.143. The molecule has 1 aromatic rings. The molecule has 1 unspecified atom stereocenters. The Balaban J connectivity index is 3.46. The molecule has 0 amide bonds. The summed E-state index contributed by atoms with van der Waals surface area (Å²) >= 11 is 0. The van der Waals surface area contributed by atoms with E-state index in [0.717, 1.165) is 0 Å². The highest BCUT2D eigenvalue weighted by molar-refractivity contribution is 6.71. The fraction of sp³-hybridized carbons (Fsp3) is 0.588. The zero-order valence-electron chi connectivity index (χ0n) is 16.7. The summed E-state index contributed by atoms with van der Waals surface area (Å²) < 4.78 is 28.1. The van der Waals surface area contributed by atoms with Gasteiger partial charge in [0, 0.05) is 5.56 Å². The number of hydrogen-bond acceptors (Lipinski definition) is 6. The van der Waals surface area contributed by atoms with Crippen molar-refractivity contribution in [2.24, 2.45) is 0 Å². The van der Waals surface area contributed by atoms with Gasteiger partial charge >= 0.3 is 5.97 Å². The van der Waals surface area contributed by atoms with E-state index in [2.05, 4.69) is 0 Å². The molecular formula is C17H30O6Si2. The highest BCUT2D eigenvalue weighted by Crippen LogP contribution is 2.43. The number of methoxy groups -OCH3 is 3. The Labute approximate surface area is 152 Å². The molecule has 8 heteroatoms. The van der Waals surface area contributed by atoms with E-state index in [0.29, 0.717) is 22.8 Å². The van der Waals surface area contributed by atoms with Gasteiger partial charge in [-0.25, -0.2) is 0 Å². The van der Waals surface area contributed by atoms with Crippen molar-refractivity contribution in [3.8, 4) is 17.2 Å². The molecule has 0 spiro atoms. The lowest BCUT2D eigenvalue weighted by Crippen LogP contribution is -2.37. The molecule has 0 N–H and O–H groups in total. The lowest BCUT2D eigenvalue weighted by atomic mass is 10.1. The standard InChI is InChI=1S/C17H30O6Si2/c1-19-13-11-10-12(14(20-2)16(13)21-3)15(22-24(4,5)6)17(18)23-25(7,8)9/h10-11,15H,1-9H3. The SMILES string of the molecule is COc1ccc(C(O[Si](C)(C)C)C(=O)O[Si](C)(C)C)c(OC)c1OC. The monoisotopic (exact) mass is 386 g/mol. The normalized spacial score (nSPS) is 13.2. The van der Waals surface area contributed by atoms with Crippen molar-refractivity contribution in [1.82, 2.24) is 0 Å². The Kier molecular flexibility index (Phi) is 7.10. The van der Waals surface area contributed by atoms with E-state index < -0.39 is 28.7 Å². The van der Waals surface area contributed by atoms with Gasteiger partial charge in [0.15, 0.2) is 25.9 Å². The van der Waals surface area contributed by atoms with Gasteiger partial charge in [0.05, 0.1) is 21.3 Å². The highest BCUT2D eigenvalue weighted by Gasteiger charge is 2.35. The third-order valence-corrected chi connectivity index (χ3v) is 4.87. The number of carbonyl (C=O) groups is 1. The summed E-state index contributed by atoms with van der Waals surface area (Å²) in [5.41, 5.74) is 0.575. The van der Waals surface area contributed by atoms with Crippen LogP contribution >= 0.6 is 0 Å². The molecule has 0 fully saturated rings. The summed E-state index contributed by atoms with van der Waals surface area (Å²) in [5, 5.41) is 0. The second kappa shape index (κ2) is 8.24. The van der Waals surface area contributed by atoms with E-state index in [1.165, 1.54) is 14.2 Å². The molecule has 0 aromatic heterocycles. The van der Waals surface area contributed by atoms with E-state index in [4.69, 9.17) is 23.1 Å². The summed E-state index contributed by atoms with van der Waals surface area (Å²) in [4.78, 5) is 12.8. The first-order valence-electron chi connectivity index (χ1n) is 8.13. The van der Waals surface area contributed by atoms with Crippen LogP contribution in [0.25, 0.3) is 0 Å². The van der Waals surface area contributed by atoms with Gasteiger partial charge in [0.25, 0.3) is 0 Å². The van der Waals surface area contributed by atoms with Gasteiger partial charge < -0.3 is 23.1 Å². The Hall–Kier alpha value is -1.52. The minimum atomic E-state index is -2.07. The first-order chi connectivity index (χ1) is 11.4. The molecule has 0 aliphatic heterocycles. The Morgan fingerprint density at radius 2 is 1.40 bits per heavy atom. The highest BCUT2D eigenvalue weighted by atomic mass is 28.4. The maximum absolute atomic E-state index is 12.8. The predicted octanol–water partition coefficient (Wildman–Crippen LogP) is 3.98. The van der Waals surface area contributed by atoms with Gasteiger partial charge in [-0.1, -0.05) is 0 Å². The maximum atomic E-state index is 12.8. The van der Waals surface area contributed by atoms with Crippen molar-refractivity contribution in [2.75, 3.05) is 21.3 Å². The molecule has 6 nitrogen and oxygen atoms in total. The van der Waals surface area contributed by atoms with Crippen LogP contribution in [0.1, 0.15) is 11.7 Å².